The van der Waals surface area contributed by atoms with Gasteiger partial charge in [0.1, 0.15) is 5.01 Å². The molecule has 1 aromatic carbocycles. The van der Waals surface area contributed by atoms with Crippen LogP contribution >= 0.6 is 11.3 Å². The summed E-state index contributed by atoms with van der Waals surface area (Å²) < 4.78 is 5.17. The Hall–Kier alpha value is -2.92. The molecule has 1 fully saturated rings. The van der Waals surface area contributed by atoms with Crippen molar-refractivity contribution in [3.63, 3.8) is 0 Å². The van der Waals surface area contributed by atoms with Crippen LogP contribution < -0.4 is 9.64 Å². The molecule has 1 atom stereocenters. The monoisotopic (exact) mass is 410 g/mol. The zero-order valence-corrected chi connectivity index (χ0v) is 17.3. The van der Waals surface area contributed by atoms with Gasteiger partial charge in [0.25, 0.3) is 0 Å². The van der Waals surface area contributed by atoms with Crippen LogP contribution in [0.5, 0.6) is 5.06 Å². The third-order valence-electron chi connectivity index (χ3n) is 5.78. The van der Waals surface area contributed by atoms with Gasteiger partial charge in [0.05, 0.1) is 26.3 Å². The van der Waals surface area contributed by atoms with Crippen molar-refractivity contribution >= 4 is 34.5 Å². The second kappa shape index (κ2) is 7.48. The second-order valence-electron chi connectivity index (χ2n) is 7.45. The summed E-state index contributed by atoms with van der Waals surface area (Å²) in [4.78, 5) is 36.9. The number of hydrogen-bond acceptors (Lipinski definition) is 5. The van der Waals surface area contributed by atoms with E-state index in [1.165, 1.54) is 11.3 Å². The van der Waals surface area contributed by atoms with Gasteiger partial charge in [-0.2, -0.15) is 0 Å². The molecule has 0 unspecified atom stereocenters. The maximum Gasteiger partial charge on any atom is 0.233 e. The minimum Gasteiger partial charge on any atom is -0.486 e. The summed E-state index contributed by atoms with van der Waals surface area (Å²) >= 11 is 1.36. The van der Waals surface area contributed by atoms with Crippen molar-refractivity contribution in [1.29, 1.82) is 0 Å². The van der Waals surface area contributed by atoms with Crippen LogP contribution in [0.1, 0.15) is 30.3 Å². The topological polar surface area (TPSA) is 67.1 Å². The Labute approximate surface area is 173 Å². The average Bonchev–Trinajstić information content (AvgIpc) is 3.45. The third kappa shape index (κ3) is 3.36. The molecule has 0 bridgehead atoms. The highest BCUT2D eigenvalue weighted by Gasteiger charge is 2.49. The van der Waals surface area contributed by atoms with E-state index in [1.54, 1.807) is 24.3 Å². The number of benzene rings is 1. The lowest BCUT2D eigenvalue weighted by molar-refractivity contribution is -0.130. The first-order valence-corrected chi connectivity index (χ1v) is 10.4. The predicted molar refractivity (Wildman–Crippen MR) is 111 cm³/mol. The van der Waals surface area contributed by atoms with Crippen LogP contribution in [0.2, 0.25) is 0 Å². The van der Waals surface area contributed by atoms with E-state index < -0.39 is 0 Å². The van der Waals surface area contributed by atoms with E-state index >= 15 is 0 Å². The Morgan fingerprint density at radius 2 is 2.17 bits per heavy atom. The van der Waals surface area contributed by atoms with Crippen molar-refractivity contribution < 1.29 is 14.3 Å². The van der Waals surface area contributed by atoms with Gasteiger partial charge in [-0.05, 0) is 18.1 Å². The Bertz CT molecular complexity index is 1010. The first-order chi connectivity index (χ1) is 14.0. The van der Waals surface area contributed by atoms with E-state index in [9.17, 15) is 9.59 Å². The fourth-order valence-electron chi connectivity index (χ4n) is 4.30. The van der Waals surface area contributed by atoms with Gasteiger partial charge >= 0.3 is 0 Å². The van der Waals surface area contributed by atoms with Crippen LogP contribution in [0.4, 0.5) is 11.4 Å². The number of anilines is 1. The van der Waals surface area contributed by atoms with E-state index in [2.05, 4.69) is 9.83 Å². The summed E-state index contributed by atoms with van der Waals surface area (Å²) in [6.45, 7) is 11.0. The molecule has 0 aliphatic carbocycles. The first kappa shape index (κ1) is 19.4. The van der Waals surface area contributed by atoms with E-state index in [1.807, 2.05) is 24.0 Å². The molecule has 0 radical (unpaired) electrons. The molecule has 1 aromatic heterocycles. The van der Waals surface area contributed by atoms with Crippen LogP contribution in [-0.2, 0) is 21.4 Å². The lowest BCUT2D eigenvalue weighted by Gasteiger charge is -2.26. The third-order valence-corrected chi connectivity index (χ3v) is 6.74. The van der Waals surface area contributed by atoms with E-state index in [-0.39, 0.29) is 23.7 Å². The average molecular weight is 410 g/mol. The number of amides is 2. The molecule has 150 valence electrons. The van der Waals surface area contributed by atoms with Gasteiger partial charge in [-0.3, -0.25) is 9.59 Å². The van der Waals surface area contributed by atoms with Gasteiger partial charge in [0.15, 0.2) is 10.8 Å². The van der Waals surface area contributed by atoms with E-state index in [0.717, 1.165) is 17.7 Å². The number of ether oxygens (including phenoxy) is 1. The van der Waals surface area contributed by atoms with Crippen LogP contribution in [0, 0.1) is 6.57 Å². The zero-order chi connectivity index (χ0) is 20.6. The van der Waals surface area contributed by atoms with Crippen molar-refractivity contribution in [2.24, 2.45) is 0 Å². The summed E-state index contributed by atoms with van der Waals surface area (Å²) in [5.74, 6) is 0.0976. The van der Waals surface area contributed by atoms with Crippen LogP contribution in [0.25, 0.3) is 4.85 Å². The number of hydrogen-bond donors (Lipinski definition) is 0. The van der Waals surface area contributed by atoms with Crippen molar-refractivity contribution in [1.82, 2.24) is 9.88 Å². The van der Waals surface area contributed by atoms with Gasteiger partial charge < -0.3 is 14.5 Å². The molecule has 29 heavy (non-hydrogen) atoms. The van der Waals surface area contributed by atoms with E-state index in [4.69, 9.17) is 11.3 Å². The molecule has 2 aliphatic rings. The molecule has 2 aliphatic heterocycles. The number of methoxy groups -OCH3 is 1. The largest absolute Gasteiger partial charge is 0.486 e. The Morgan fingerprint density at radius 3 is 2.86 bits per heavy atom. The van der Waals surface area contributed by atoms with Crippen LogP contribution in [-0.4, -0.2) is 48.4 Å². The molecule has 3 heterocycles. The summed E-state index contributed by atoms with van der Waals surface area (Å²) in [6, 6.07) is 5.51. The van der Waals surface area contributed by atoms with Gasteiger partial charge in [-0.25, -0.2) is 9.83 Å². The van der Waals surface area contributed by atoms with Gasteiger partial charge in [-0.15, -0.1) is 0 Å². The van der Waals surface area contributed by atoms with Crippen molar-refractivity contribution in [3.8, 4) is 5.06 Å². The van der Waals surface area contributed by atoms with Crippen molar-refractivity contribution in [3.05, 3.63) is 46.4 Å². The number of aromatic nitrogens is 1. The van der Waals surface area contributed by atoms with Gasteiger partial charge in [-0.1, -0.05) is 30.4 Å². The number of carbonyl (C=O) groups is 2. The SMILES string of the molecule is [C-]#[N+]c1ccc2c(c1)[C@@]1(CCN(C(=O)CC)C1)CN2C(=O)Cc1ncc(OC)s1. The fourth-order valence-corrected chi connectivity index (χ4v) is 5.02. The lowest BCUT2D eigenvalue weighted by Crippen LogP contribution is -2.40. The van der Waals surface area contributed by atoms with Crippen molar-refractivity contribution in [2.75, 3.05) is 31.6 Å². The highest BCUT2D eigenvalue weighted by atomic mass is 32.1. The molecular formula is C21H22N4O3S. The summed E-state index contributed by atoms with van der Waals surface area (Å²) in [7, 11) is 1.58. The van der Waals surface area contributed by atoms with Crippen LogP contribution in [0.3, 0.4) is 0 Å². The molecule has 1 saturated heterocycles. The van der Waals surface area contributed by atoms with Gasteiger partial charge in [0, 0.05) is 37.2 Å². The summed E-state index contributed by atoms with van der Waals surface area (Å²) in [5.41, 5.74) is 2.10. The molecule has 2 aromatic rings. The maximum absolute atomic E-state index is 13.2. The Morgan fingerprint density at radius 1 is 1.34 bits per heavy atom. The summed E-state index contributed by atoms with van der Waals surface area (Å²) in [5, 5.41) is 1.39. The van der Waals surface area contributed by atoms with Crippen LogP contribution in [0.15, 0.2) is 24.4 Å². The standard InChI is InChI=1S/C21H22N4O3S/c1-4-18(26)24-8-7-21(12-24)13-25(16-6-5-14(22-2)9-15(16)21)19(27)10-17-23-11-20(28-3)29-17/h5-6,9,11H,4,7-8,10,12-13H2,1,3H3/t21-/m1/s1. The molecule has 0 N–H and O–H groups in total. The number of fused-ring (bicyclic) bond motifs is 2. The van der Waals surface area contributed by atoms with Crippen molar-refractivity contribution in [2.45, 2.75) is 31.6 Å². The molecule has 8 heteroatoms. The molecular weight excluding hydrogens is 388 g/mol. The quantitative estimate of drug-likeness (QED) is 0.726. The first-order valence-electron chi connectivity index (χ1n) is 9.58. The zero-order valence-electron chi connectivity index (χ0n) is 16.5. The Balaban J connectivity index is 1.65. The minimum atomic E-state index is -0.308. The number of thiazole rings is 1. The minimum absolute atomic E-state index is 0.0315. The summed E-state index contributed by atoms with van der Waals surface area (Å²) in [6.07, 6.45) is 3.09. The smallest absolute Gasteiger partial charge is 0.233 e. The maximum atomic E-state index is 13.2. The number of likely N-dealkylation sites (tertiary alicyclic amines) is 1. The number of carbonyl (C=O) groups excluding carboxylic acids is 2. The second-order valence-corrected chi connectivity index (χ2v) is 8.52. The predicted octanol–water partition coefficient (Wildman–Crippen LogP) is 3.17. The van der Waals surface area contributed by atoms with Gasteiger partial charge in [0.2, 0.25) is 11.8 Å². The van der Waals surface area contributed by atoms with E-state index in [0.29, 0.717) is 41.8 Å². The molecule has 4 rings (SSSR count). The normalized spacial score (nSPS) is 20.0. The highest BCUT2D eigenvalue weighted by molar-refractivity contribution is 7.13. The molecule has 2 amide bonds. The number of rotatable bonds is 4. The lowest BCUT2D eigenvalue weighted by atomic mass is 9.81. The molecule has 1 spiro atoms. The fraction of sp³-hybridized carbons (Fsp3) is 0.429. The molecule has 0 saturated carbocycles. The Kier molecular flexibility index (Phi) is 5.01. The molecule has 7 nitrogen and oxygen atoms in total. The number of nitrogens with zero attached hydrogens (tertiary/aromatic N) is 4. The highest BCUT2D eigenvalue weighted by Crippen LogP contribution is 2.48.